The Hall–Kier alpha value is -2.37. The lowest BCUT2D eigenvalue weighted by Crippen LogP contribution is -2.52. The Morgan fingerprint density at radius 3 is 2.61 bits per heavy atom. The van der Waals surface area contributed by atoms with E-state index < -0.39 is 0 Å². The number of hydrogen-bond acceptors (Lipinski definition) is 4. The highest BCUT2D eigenvalue weighted by atomic mass is 16.5. The SMILES string of the molecule is COc1cccc(CC(=O)N2CCN([C@H]3C[C@H]4C[C@@H](c5ccccc5)OC[C@@]4(C)C3)CC2)c1. The van der Waals surface area contributed by atoms with Crippen LogP contribution in [0.5, 0.6) is 5.75 Å². The molecule has 0 spiro atoms. The highest BCUT2D eigenvalue weighted by molar-refractivity contribution is 5.79. The fraction of sp³-hybridized carbons (Fsp3) is 0.536. The van der Waals surface area contributed by atoms with Gasteiger partial charge in [0.15, 0.2) is 0 Å². The summed E-state index contributed by atoms with van der Waals surface area (Å²) >= 11 is 0. The van der Waals surface area contributed by atoms with Gasteiger partial charge in [-0.15, -0.1) is 0 Å². The van der Waals surface area contributed by atoms with Crippen LogP contribution in [0.15, 0.2) is 54.6 Å². The minimum Gasteiger partial charge on any atom is -0.497 e. The van der Waals surface area contributed by atoms with E-state index in [2.05, 4.69) is 42.2 Å². The van der Waals surface area contributed by atoms with Gasteiger partial charge in [0, 0.05) is 32.2 Å². The van der Waals surface area contributed by atoms with Gasteiger partial charge in [0.05, 0.1) is 26.2 Å². The van der Waals surface area contributed by atoms with Crippen LogP contribution >= 0.6 is 0 Å². The van der Waals surface area contributed by atoms with E-state index in [1.807, 2.05) is 29.2 Å². The van der Waals surface area contributed by atoms with Crippen molar-refractivity contribution in [2.45, 2.75) is 44.8 Å². The zero-order valence-electron chi connectivity index (χ0n) is 19.9. The minimum absolute atomic E-state index is 0.217. The topological polar surface area (TPSA) is 42.0 Å². The average molecular weight is 449 g/mol. The molecular formula is C28H36N2O3. The Morgan fingerprint density at radius 1 is 1.06 bits per heavy atom. The summed E-state index contributed by atoms with van der Waals surface area (Å²) in [6.07, 6.45) is 4.25. The van der Waals surface area contributed by atoms with Gasteiger partial charge in [-0.25, -0.2) is 0 Å². The second-order valence-electron chi connectivity index (χ2n) is 10.3. The molecule has 0 N–H and O–H groups in total. The summed E-state index contributed by atoms with van der Waals surface area (Å²) in [6, 6.07) is 19.1. The smallest absolute Gasteiger partial charge is 0.227 e. The lowest BCUT2D eigenvalue weighted by Gasteiger charge is -2.40. The number of methoxy groups -OCH3 is 1. The molecule has 0 aromatic heterocycles. The molecule has 2 saturated heterocycles. The third-order valence-corrected chi connectivity index (χ3v) is 8.20. The number of carbonyl (C=O) groups excluding carboxylic acids is 1. The first-order valence-electron chi connectivity index (χ1n) is 12.4. The van der Waals surface area contributed by atoms with Crippen molar-refractivity contribution < 1.29 is 14.3 Å². The molecule has 5 rings (SSSR count). The van der Waals surface area contributed by atoms with Crippen molar-refractivity contribution in [3.05, 3.63) is 65.7 Å². The third-order valence-electron chi connectivity index (χ3n) is 8.20. The average Bonchev–Trinajstić information content (AvgIpc) is 3.21. The Balaban J connectivity index is 1.14. The maximum Gasteiger partial charge on any atom is 0.227 e. The molecule has 5 nitrogen and oxygen atoms in total. The van der Waals surface area contributed by atoms with E-state index in [0.717, 1.165) is 50.5 Å². The summed E-state index contributed by atoms with van der Waals surface area (Å²) < 4.78 is 11.7. The maximum absolute atomic E-state index is 12.9. The number of carbonyl (C=O) groups is 1. The maximum atomic E-state index is 12.9. The first kappa shape index (κ1) is 22.4. The van der Waals surface area contributed by atoms with Crippen molar-refractivity contribution >= 4 is 5.91 Å². The molecule has 1 amide bonds. The van der Waals surface area contributed by atoms with Gasteiger partial charge in [0.25, 0.3) is 0 Å². The quantitative estimate of drug-likeness (QED) is 0.683. The largest absolute Gasteiger partial charge is 0.497 e. The molecule has 176 valence electrons. The van der Waals surface area contributed by atoms with E-state index in [1.165, 1.54) is 18.4 Å². The van der Waals surface area contributed by atoms with Crippen LogP contribution in [-0.4, -0.2) is 61.6 Å². The van der Waals surface area contributed by atoms with Gasteiger partial charge in [0.2, 0.25) is 5.91 Å². The molecule has 3 aliphatic rings. The number of benzene rings is 2. The second kappa shape index (κ2) is 9.47. The predicted octanol–water partition coefficient (Wildman–Crippen LogP) is 4.33. The van der Waals surface area contributed by atoms with E-state index >= 15 is 0 Å². The zero-order valence-corrected chi connectivity index (χ0v) is 19.9. The van der Waals surface area contributed by atoms with Gasteiger partial charge in [-0.2, -0.15) is 0 Å². The molecule has 0 unspecified atom stereocenters. The van der Waals surface area contributed by atoms with Crippen molar-refractivity contribution in [2.24, 2.45) is 11.3 Å². The van der Waals surface area contributed by atoms with E-state index in [9.17, 15) is 4.79 Å². The number of piperazine rings is 1. The Labute approximate surface area is 197 Å². The fourth-order valence-electron chi connectivity index (χ4n) is 6.16. The standard InChI is InChI=1S/C28H36N2O3/c1-28-19-24(17-23(28)18-26(33-20-28)22-8-4-3-5-9-22)29-11-13-30(14-12-29)27(31)16-21-7-6-10-25(15-21)32-2/h3-10,15,23-24,26H,11-14,16-20H2,1-2H3/t23-,24-,26-,28+/m0/s1. The molecule has 2 aromatic carbocycles. The number of hydrogen-bond donors (Lipinski definition) is 0. The number of ether oxygens (including phenoxy) is 2. The highest BCUT2D eigenvalue weighted by Gasteiger charge is 2.49. The monoisotopic (exact) mass is 448 g/mol. The fourth-order valence-corrected chi connectivity index (χ4v) is 6.16. The van der Waals surface area contributed by atoms with Crippen molar-refractivity contribution in [3.63, 3.8) is 0 Å². The Kier molecular flexibility index (Phi) is 6.44. The molecule has 1 saturated carbocycles. The molecule has 2 heterocycles. The first-order chi connectivity index (χ1) is 16.0. The summed E-state index contributed by atoms with van der Waals surface area (Å²) in [5.41, 5.74) is 2.60. The number of fused-ring (bicyclic) bond motifs is 1. The van der Waals surface area contributed by atoms with Crippen LogP contribution in [0.3, 0.4) is 0 Å². The van der Waals surface area contributed by atoms with Gasteiger partial charge in [-0.05, 0) is 53.9 Å². The molecule has 3 fully saturated rings. The highest BCUT2D eigenvalue weighted by Crippen LogP contribution is 2.52. The second-order valence-corrected chi connectivity index (χ2v) is 10.3. The molecule has 2 aliphatic heterocycles. The van der Waals surface area contributed by atoms with Crippen LogP contribution in [0.4, 0.5) is 0 Å². The Morgan fingerprint density at radius 2 is 1.85 bits per heavy atom. The number of rotatable bonds is 5. The van der Waals surface area contributed by atoms with Crippen molar-refractivity contribution in [1.29, 1.82) is 0 Å². The number of nitrogens with zero attached hydrogens (tertiary/aromatic N) is 2. The molecule has 1 aliphatic carbocycles. The predicted molar refractivity (Wildman–Crippen MR) is 129 cm³/mol. The minimum atomic E-state index is 0.217. The van der Waals surface area contributed by atoms with Crippen LogP contribution in [-0.2, 0) is 16.0 Å². The van der Waals surface area contributed by atoms with Crippen molar-refractivity contribution in [1.82, 2.24) is 9.80 Å². The van der Waals surface area contributed by atoms with E-state index in [4.69, 9.17) is 9.47 Å². The zero-order chi connectivity index (χ0) is 22.8. The Bertz CT molecular complexity index is 957. The summed E-state index contributed by atoms with van der Waals surface area (Å²) in [6.45, 7) is 6.87. The summed E-state index contributed by atoms with van der Waals surface area (Å²) in [4.78, 5) is 17.5. The van der Waals surface area contributed by atoms with Gasteiger partial charge in [-0.1, -0.05) is 49.4 Å². The molecule has 5 heteroatoms. The molecule has 0 bridgehead atoms. The molecule has 4 atom stereocenters. The van der Waals surface area contributed by atoms with Gasteiger partial charge >= 0.3 is 0 Å². The van der Waals surface area contributed by atoms with Crippen molar-refractivity contribution in [3.8, 4) is 5.75 Å². The van der Waals surface area contributed by atoms with E-state index in [-0.39, 0.29) is 17.4 Å². The number of amides is 1. The molecular weight excluding hydrogens is 412 g/mol. The lowest BCUT2D eigenvalue weighted by molar-refractivity contribution is -0.132. The van der Waals surface area contributed by atoms with E-state index in [0.29, 0.717) is 18.4 Å². The van der Waals surface area contributed by atoms with Crippen LogP contribution in [0, 0.1) is 11.3 Å². The van der Waals surface area contributed by atoms with Gasteiger partial charge in [0.1, 0.15) is 5.75 Å². The third kappa shape index (κ3) is 4.80. The molecule has 33 heavy (non-hydrogen) atoms. The molecule has 0 radical (unpaired) electrons. The van der Waals surface area contributed by atoms with E-state index in [1.54, 1.807) is 7.11 Å². The van der Waals surface area contributed by atoms with Gasteiger partial charge in [-0.3, -0.25) is 9.69 Å². The normalized spacial score (nSPS) is 30.1. The van der Waals surface area contributed by atoms with Crippen LogP contribution in [0.1, 0.15) is 43.4 Å². The van der Waals surface area contributed by atoms with Crippen LogP contribution in [0.2, 0.25) is 0 Å². The summed E-state index contributed by atoms with van der Waals surface area (Å²) in [7, 11) is 1.66. The summed E-state index contributed by atoms with van der Waals surface area (Å²) in [5, 5.41) is 0. The van der Waals surface area contributed by atoms with Crippen LogP contribution in [0.25, 0.3) is 0 Å². The van der Waals surface area contributed by atoms with Crippen LogP contribution < -0.4 is 4.74 Å². The molecule has 2 aromatic rings. The first-order valence-corrected chi connectivity index (χ1v) is 12.4. The van der Waals surface area contributed by atoms with Crippen molar-refractivity contribution in [2.75, 3.05) is 39.9 Å². The van der Waals surface area contributed by atoms with Gasteiger partial charge < -0.3 is 14.4 Å². The summed E-state index contributed by atoms with van der Waals surface area (Å²) in [5.74, 6) is 1.73. The lowest BCUT2D eigenvalue weighted by atomic mass is 9.75.